The lowest BCUT2D eigenvalue weighted by molar-refractivity contribution is -0.126. The summed E-state index contributed by atoms with van der Waals surface area (Å²) in [5.74, 6) is -7.22. The molecule has 2 N–H and O–H groups in total. The minimum Gasteiger partial charge on any atom is -0.347 e. The van der Waals surface area contributed by atoms with E-state index in [1.807, 2.05) is 5.32 Å². The van der Waals surface area contributed by atoms with Crippen molar-refractivity contribution in [2.75, 3.05) is 23.4 Å². The molecule has 0 aliphatic carbocycles. The van der Waals surface area contributed by atoms with Crippen molar-refractivity contribution in [3.63, 3.8) is 0 Å². The van der Waals surface area contributed by atoms with E-state index in [4.69, 9.17) is 0 Å². The lowest BCUT2D eigenvalue weighted by Gasteiger charge is -2.10. The van der Waals surface area contributed by atoms with E-state index < -0.39 is 57.3 Å². The maximum absolute atomic E-state index is 13.4. The SMILES string of the molecule is O=C(CNC(=O)C1CCS(=O)(=O)C1)Nc1ccc(F)c(F)c1F. The quantitative estimate of drug-likeness (QED) is 0.778. The van der Waals surface area contributed by atoms with E-state index in [2.05, 4.69) is 5.32 Å². The highest BCUT2D eigenvalue weighted by molar-refractivity contribution is 7.91. The summed E-state index contributed by atoms with van der Waals surface area (Å²) in [6, 6.07) is 1.49. The van der Waals surface area contributed by atoms with E-state index in [-0.39, 0.29) is 17.9 Å². The topological polar surface area (TPSA) is 92.3 Å². The maximum atomic E-state index is 13.4. The second kappa shape index (κ2) is 6.57. The molecule has 1 unspecified atom stereocenters. The van der Waals surface area contributed by atoms with Gasteiger partial charge in [0.05, 0.1) is 29.7 Å². The number of rotatable bonds is 4. The molecule has 1 aromatic rings. The number of halogens is 3. The lowest BCUT2D eigenvalue weighted by Crippen LogP contribution is -2.37. The fraction of sp³-hybridized carbons (Fsp3) is 0.385. The fourth-order valence-corrected chi connectivity index (χ4v) is 3.87. The molecule has 1 saturated heterocycles. The highest BCUT2D eigenvalue weighted by Crippen LogP contribution is 2.20. The molecule has 2 amide bonds. The Morgan fingerprint density at radius 3 is 2.48 bits per heavy atom. The number of benzene rings is 1. The Morgan fingerprint density at radius 1 is 1.17 bits per heavy atom. The van der Waals surface area contributed by atoms with Gasteiger partial charge < -0.3 is 10.6 Å². The Bertz CT molecular complexity index is 752. The van der Waals surface area contributed by atoms with Crippen molar-refractivity contribution < 1.29 is 31.2 Å². The molecule has 126 valence electrons. The maximum Gasteiger partial charge on any atom is 0.243 e. The second-order valence-corrected chi connectivity index (χ2v) is 7.32. The first-order valence-electron chi connectivity index (χ1n) is 6.61. The third kappa shape index (κ3) is 4.21. The zero-order valence-corrected chi connectivity index (χ0v) is 12.6. The monoisotopic (exact) mass is 350 g/mol. The Morgan fingerprint density at radius 2 is 1.87 bits per heavy atom. The minimum atomic E-state index is -3.23. The van der Waals surface area contributed by atoms with Crippen molar-refractivity contribution in [1.29, 1.82) is 0 Å². The summed E-state index contributed by atoms with van der Waals surface area (Å²) in [5, 5.41) is 4.21. The third-order valence-corrected chi connectivity index (χ3v) is 5.10. The number of amides is 2. The normalized spacial score (nSPS) is 19.3. The molecule has 1 aromatic carbocycles. The van der Waals surface area contributed by atoms with Crippen LogP contribution < -0.4 is 10.6 Å². The van der Waals surface area contributed by atoms with Crippen LogP contribution >= 0.6 is 0 Å². The average molecular weight is 350 g/mol. The van der Waals surface area contributed by atoms with Crippen LogP contribution in [0.25, 0.3) is 0 Å². The number of carbonyl (C=O) groups excluding carboxylic acids is 2. The summed E-state index contributed by atoms with van der Waals surface area (Å²) < 4.78 is 61.6. The number of anilines is 1. The van der Waals surface area contributed by atoms with Crippen LogP contribution in [-0.2, 0) is 19.4 Å². The first-order valence-corrected chi connectivity index (χ1v) is 8.43. The van der Waals surface area contributed by atoms with Crippen molar-refractivity contribution in [3.8, 4) is 0 Å². The second-order valence-electron chi connectivity index (χ2n) is 5.09. The molecule has 0 spiro atoms. The van der Waals surface area contributed by atoms with Gasteiger partial charge in [0, 0.05) is 0 Å². The summed E-state index contributed by atoms with van der Waals surface area (Å²) in [4.78, 5) is 23.3. The molecular weight excluding hydrogens is 337 g/mol. The van der Waals surface area contributed by atoms with Gasteiger partial charge in [-0.05, 0) is 18.6 Å². The molecule has 1 fully saturated rings. The van der Waals surface area contributed by atoms with Gasteiger partial charge in [-0.15, -0.1) is 0 Å². The van der Waals surface area contributed by atoms with Crippen LogP contribution in [0.2, 0.25) is 0 Å². The van der Waals surface area contributed by atoms with Crippen LogP contribution in [-0.4, -0.2) is 38.3 Å². The van der Waals surface area contributed by atoms with Crippen molar-refractivity contribution in [1.82, 2.24) is 5.32 Å². The summed E-state index contributed by atoms with van der Waals surface area (Å²) in [7, 11) is -3.23. The summed E-state index contributed by atoms with van der Waals surface area (Å²) in [5.41, 5.74) is -0.563. The molecule has 0 radical (unpaired) electrons. The standard InChI is InChI=1S/C13H13F3N2O4S/c14-8-1-2-9(12(16)11(8)15)18-10(19)5-17-13(20)7-3-4-23(21,22)6-7/h1-2,7H,3-6H2,(H,17,20)(H,18,19). The van der Waals surface area contributed by atoms with Crippen LogP contribution in [0.3, 0.4) is 0 Å². The van der Waals surface area contributed by atoms with Gasteiger partial charge in [-0.2, -0.15) is 0 Å². The van der Waals surface area contributed by atoms with E-state index in [0.29, 0.717) is 6.07 Å². The predicted octanol–water partition coefficient (Wildman–Crippen LogP) is 0.593. The number of nitrogens with one attached hydrogen (secondary N) is 2. The van der Waals surface area contributed by atoms with Crippen LogP contribution in [0.5, 0.6) is 0 Å². The molecule has 23 heavy (non-hydrogen) atoms. The van der Waals surface area contributed by atoms with E-state index in [0.717, 1.165) is 6.07 Å². The zero-order chi connectivity index (χ0) is 17.2. The summed E-state index contributed by atoms with van der Waals surface area (Å²) >= 11 is 0. The highest BCUT2D eigenvalue weighted by Gasteiger charge is 2.32. The molecule has 1 heterocycles. The van der Waals surface area contributed by atoms with Gasteiger partial charge in [0.25, 0.3) is 0 Å². The Balaban J connectivity index is 1.89. The third-order valence-electron chi connectivity index (χ3n) is 3.34. The molecule has 1 aliphatic heterocycles. The van der Waals surface area contributed by atoms with Crippen LogP contribution in [0.15, 0.2) is 12.1 Å². The van der Waals surface area contributed by atoms with Crippen LogP contribution in [0.1, 0.15) is 6.42 Å². The van der Waals surface area contributed by atoms with Crippen LogP contribution in [0, 0.1) is 23.4 Å². The van der Waals surface area contributed by atoms with Gasteiger partial charge in [-0.3, -0.25) is 9.59 Å². The fourth-order valence-electron chi connectivity index (χ4n) is 2.13. The first-order chi connectivity index (χ1) is 10.7. The van der Waals surface area contributed by atoms with Gasteiger partial charge in [0.1, 0.15) is 0 Å². The molecule has 0 saturated carbocycles. The molecule has 1 aliphatic rings. The van der Waals surface area contributed by atoms with Crippen LogP contribution in [0.4, 0.5) is 18.9 Å². The largest absolute Gasteiger partial charge is 0.347 e. The molecule has 0 aromatic heterocycles. The predicted molar refractivity (Wildman–Crippen MR) is 74.7 cm³/mol. The highest BCUT2D eigenvalue weighted by atomic mass is 32.2. The van der Waals surface area contributed by atoms with Gasteiger partial charge in [-0.25, -0.2) is 21.6 Å². The minimum absolute atomic E-state index is 0.0860. The van der Waals surface area contributed by atoms with Gasteiger partial charge in [0.15, 0.2) is 27.3 Å². The lowest BCUT2D eigenvalue weighted by atomic mass is 10.1. The molecular formula is C13H13F3N2O4S. The number of sulfone groups is 1. The number of hydrogen-bond acceptors (Lipinski definition) is 4. The van der Waals surface area contributed by atoms with Gasteiger partial charge in [0.2, 0.25) is 11.8 Å². The van der Waals surface area contributed by atoms with E-state index in [9.17, 15) is 31.2 Å². The number of carbonyl (C=O) groups is 2. The molecule has 6 nitrogen and oxygen atoms in total. The zero-order valence-electron chi connectivity index (χ0n) is 11.7. The Labute approximate surface area is 130 Å². The molecule has 0 bridgehead atoms. The summed E-state index contributed by atoms with van der Waals surface area (Å²) in [6.07, 6.45) is 0.174. The average Bonchev–Trinajstić information content (AvgIpc) is 2.85. The van der Waals surface area contributed by atoms with Gasteiger partial charge >= 0.3 is 0 Å². The van der Waals surface area contributed by atoms with Crippen molar-refractivity contribution in [2.24, 2.45) is 5.92 Å². The van der Waals surface area contributed by atoms with E-state index >= 15 is 0 Å². The molecule has 2 rings (SSSR count). The first kappa shape index (κ1) is 17.3. The van der Waals surface area contributed by atoms with Crippen molar-refractivity contribution in [3.05, 3.63) is 29.6 Å². The van der Waals surface area contributed by atoms with Crippen molar-refractivity contribution >= 4 is 27.3 Å². The summed E-state index contributed by atoms with van der Waals surface area (Å²) in [6.45, 7) is -0.548. The molecule has 1 atom stereocenters. The Hall–Kier alpha value is -2.10. The van der Waals surface area contributed by atoms with E-state index in [1.165, 1.54) is 0 Å². The smallest absolute Gasteiger partial charge is 0.243 e. The number of hydrogen-bond donors (Lipinski definition) is 2. The molecule has 10 heteroatoms. The van der Waals surface area contributed by atoms with E-state index in [1.54, 1.807) is 0 Å². The Kier molecular flexibility index (Phi) is 4.93. The van der Waals surface area contributed by atoms with Gasteiger partial charge in [-0.1, -0.05) is 0 Å². The van der Waals surface area contributed by atoms with Crippen molar-refractivity contribution in [2.45, 2.75) is 6.42 Å².